The smallest absolute Gasteiger partial charge is 0.435 e. The number of nitrogens with zero attached hydrogens (tertiary/aromatic N) is 2. The second-order valence-electron chi connectivity index (χ2n) is 4.11. The van der Waals surface area contributed by atoms with Gasteiger partial charge in [-0.15, -0.1) is 11.3 Å². The fraction of sp³-hybridized carbons (Fsp3) is 0.385. The van der Waals surface area contributed by atoms with Crippen LogP contribution in [0.1, 0.15) is 29.2 Å². The minimum atomic E-state index is -4.49. The van der Waals surface area contributed by atoms with E-state index in [0.29, 0.717) is 22.0 Å². The van der Waals surface area contributed by atoms with Gasteiger partial charge in [-0.2, -0.15) is 18.3 Å². The van der Waals surface area contributed by atoms with Gasteiger partial charge in [-0.1, -0.05) is 0 Å². The van der Waals surface area contributed by atoms with Crippen molar-refractivity contribution in [3.63, 3.8) is 0 Å². The zero-order valence-corrected chi connectivity index (χ0v) is 12.2. The van der Waals surface area contributed by atoms with Gasteiger partial charge in [0.1, 0.15) is 4.88 Å². The van der Waals surface area contributed by atoms with Crippen molar-refractivity contribution >= 4 is 17.3 Å². The fourth-order valence-electron chi connectivity index (χ4n) is 1.78. The van der Waals surface area contributed by atoms with Crippen LogP contribution >= 0.6 is 11.3 Å². The number of aromatic nitrogens is 2. The lowest BCUT2D eigenvalue weighted by molar-refractivity contribution is -0.141. The van der Waals surface area contributed by atoms with Crippen molar-refractivity contribution in [3.05, 3.63) is 28.8 Å². The molecule has 8 heteroatoms. The summed E-state index contributed by atoms with van der Waals surface area (Å²) in [6.07, 6.45) is -4.49. The molecule has 0 aliphatic carbocycles. The predicted octanol–water partition coefficient (Wildman–Crippen LogP) is 3.83. The number of carbonyl (C=O) groups excluding carboxylic acids is 1. The highest BCUT2D eigenvalue weighted by molar-refractivity contribution is 7.17. The Bertz CT molecular complexity index is 646. The van der Waals surface area contributed by atoms with Crippen LogP contribution in [-0.2, 0) is 17.5 Å². The molecule has 0 aromatic carbocycles. The van der Waals surface area contributed by atoms with Crippen LogP contribution in [0.2, 0.25) is 0 Å². The third-order valence-corrected chi connectivity index (χ3v) is 3.79. The largest absolute Gasteiger partial charge is 0.462 e. The van der Waals surface area contributed by atoms with Crippen molar-refractivity contribution in [2.24, 2.45) is 0 Å². The molecule has 2 aromatic rings. The van der Waals surface area contributed by atoms with Gasteiger partial charge in [-0.05, 0) is 32.0 Å². The number of hydrogen-bond acceptors (Lipinski definition) is 4. The van der Waals surface area contributed by atoms with Gasteiger partial charge in [0.05, 0.1) is 17.2 Å². The molecule has 0 atom stereocenters. The predicted molar refractivity (Wildman–Crippen MR) is 72.2 cm³/mol. The molecule has 0 aliphatic heterocycles. The van der Waals surface area contributed by atoms with Crippen LogP contribution in [0.15, 0.2) is 18.2 Å². The van der Waals surface area contributed by atoms with Crippen LogP contribution < -0.4 is 0 Å². The summed E-state index contributed by atoms with van der Waals surface area (Å²) in [5.74, 6) is -0.479. The average molecular weight is 318 g/mol. The van der Waals surface area contributed by atoms with Gasteiger partial charge < -0.3 is 4.74 Å². The lowest BCUT2D eigenvalue weighted by Crippen LogP contribution is -2.07. The van der Waals surface area contributed by atoms with Crippen LogP contribution in [-0.4, -0.2) is 22.4 Å². The van der Waals surface area contributed by atoms with Gasteiger partial charge in [0.15, 0.2) is 5.69 Å². The van der Waals surface area contributed by atoms with Crippen molar-refractivity contribution in [2.75, 3.05) is 6.61 Å². The van der Waals surface area contributed by atoms with E-state index < -0.39 is 17.8 Å². The second kappa shape index (κ2) is 5.88. The fourth-order valence-corrected chi connectivity index (χ4v) is 2.70. The number of hydrogen-bond donors (Lipinski definition) is 0. The minimum Gasteiger partial charge on any atom is -0.462 e. The molecular weight excluding hydrogens is 305 g/mol. The Hall–Kier alpha value is -1.83. The Labute approximate surface area is 123 Å². The summed E-state index contributed by atoms with van der Waals surface area (Å²) >= 11 is 1.08. The standard InChI is InChI=1S/C13H13F3N2O2S/c1-3-18-8(7-11(17-18)13(14,15)16)9-5-6-10(21-9)12(19)20-4-2/h5-7H,3-4H2,1-2H3. The molecule has 114 valence electrons. The quantitative estimate of drug-likeness (QED) is 0.805. The molecule has 0 fully saturated rings. The normalized spacial score (nSPS) is 11.7. The molecule has 0 bridgehead atoms. The van der Waals surface area contributed by atoms with Gasteiger partial charge in [0, 0.05) is 6.54 Å². The average Bonchev–Trinajstić information content (AvgIpc) is 3.04. The molecule has 0 amide bonds. The van der Waals surface area contributed by atoms with E-state index in [1.165, 1.54) is 10.7 Å². The van der Waals surface area contributed by atoms with E-state index in [4.69, 9.17) is 4.74 Å². The Morgan fingerprint density at radius 2 is 2.10 bits per heavy atom. The summed E-state index contributed by atoms with van der Waals surface area (Å²) < 4.78 is 44.3. The van der Waals surface area contributed by atoms with Gasteiger partial charge in [0.2, 0.25) is 0 Å². The zero-order valence-electron chi connectivity index (χ0n) is 11.4. The lowest BCUT2D eigenvalue weighted by Gasteiger charge is -2.01. The monoisotopic (exact) mass is 318 g/mol. The highest BCUT2D eigenvalue weighted by atomic mass is 32.1. The van der Waals surface area contributed by atoms with Crippen molar-refractivity contribution in [1.29, 1.82) is 0 Å². The third kappa shape index (κ3) is 3.26. The van der Waals surface area contributed by atoms with E-state index in [9.17, 15) is 18.0 Å². The molecule has 21 heavy (non-hydrogen) atoms. The highest BCUT2D eigenvalue weighted by Crippen LogP contribution is 2.34. The molecular formula is C13H13F3N2O2S. The SMILES string of the molecule is CCOC(=O)c1ccc(-c2cc(C(F)(F)F)nn2CC)s1. The summed E-state index contributed by atoms with van der Waals surface area (Å²) in [4.78, 5) is 12.5. The molecule has 0 radical (unpaired) electrons. The van der Waals surface area contributed by atoms with Crippen LogP contribution in [0.4, 0.5) is 13.2 Å². The maximum Gasteiger partial charge on any atom is 0.435 e. The first-order valence-corrected chi connectivity index (χ1v) is 7.10. The van der Waals surface area contributed by atoms with Crippen LogP contribution in [0, 0.1) is 0 Å². The Morgan fingerprint density at radius 1 is 1.38 bits per heavy atom. The minimum absolute atomic E-state index is 0.247. The van der Waals surface area contributed by atoms with E-state index in [0.717, 1.165) is 17.4 Å². The molecule has 0 N–H and O–H groups in total. The van der Waals surface area contributed by atoms with E-state index in [1.807, 2.05) is 0 Å². The topological polar surface area (TPSA) is 44.1 Å². The molecule has 0 spiro atoms. The molecule has 2 rings (SSSR count). The summed E-state index contributed by atoms with van der Waals surface area (Å²) in [5, 5.41) is 3.55. The number of carbonyl (C=O) groups is 1. The molecule has 0 aliphatic rings. The first-order chi connectivity index (χ1) is 9.86. The summed E-state index contributed by atoms with van der Waals surface area (Å²) in [6.45, 7) is 3.94. The summed E-state index contributed by atoms with van der Waals surface area (Å²) in [5.41, 5.74) is -0.601. The molecule has 0 unspecified atom stereocenters. The molecule has 0 saturated carbocycles. The van der Waals surface area contributed by atoms with Crippen molar-refractivity contribution in [2.45, 2.75) is 26.6 Å². The maximum atomic E-state index is 12.7. The van der Waals surface area contributed by atoms with Crippen molar-refractivity contribution in [3.8, 4) is 10.6 Å². The lowest BCUT2D eigenvalue weighted by atomic mass is 10.3. The zero-order chi connectivity index (χ0) is 15.6. The van der Waals surface area contributed by atoms with Crippen LogP contribution in [0.5, 0.6) is 0 Å². The number of thiophene rings is 1. The Kier molecular flexibility index (Phi) is 4.36. The Balaban J connectivity index is 2.38. The van der Waals surface area contributed by atoms with Gasteiger partial charge >= 0.3 is 12.1 Å². The highest BCUT2D eigenvalue weighted by Gasteiger charge is 2.35. The van der Waals surface area contributed by atoms with Gasteiger partial charge in [0.25, 0.3) is 0 Å². The van der Waals surface area contributed by atoms with E-state index >= 15 is 0 Å². The Morgan fingerprint density at radius 3 is 2.67 bits per heavy atom. The molecule has 4 nitrogen and oxygen atoms in total. The van der Waals surface area contributed by atoms with E-state index in [1.54, 1.807) is 19.9 Å². The van der Waals surface area contributed by atoms with E-state index in [2.05, 4.69) is 5.10 Å². The van der Waals surface area contributed by atoms with Crippen molar-refractivity contribution < 1.29 is 22.7 Å². The number of alkyl halides is 3. The second-order valence-corrected chi connectivity index (χ2v) is 5.20. The summed E-state index contributed by atoms with van der Waals surface area (Å²) in [7, 11) is 0. The van der Waals surface area contributed by atoms with Crippen LogP contribution in [0.3, 0.4) is 0 Å². The van der Waals surface area contributed by atoms with E-state index in [-0.39, 0.29) is 6.61 Å². The van der Waals surface area contributed by atoms with Crippen molar-refractivity contribution in [1.82, 2.24) is 9.78 Å². The first kappa shape index (κ1) is 15.6. The maximum absolute atomic E-state index is 12.7. The van der Waals surface area contributed by atoms with Crippen LogP contribution in [0.25, 0.3) is 10.6 Å². The number of ether oxygens (including phenoxy) is 1. The first-order valence-electron chi connectivity index (χ1n) is 6.29. The van der Waals surface area contributed by atoms with Gasteiger partial charge in [-0.3, -0.25) is 4.68 Å². The summed E-state index contributed by atoms with van der Waals surface area (Å²) in [6, 6.07) is 4.13. The molecule has 2 heterocycles. The molecule has 0 saturated heterocycles. The number of aryl methyl sites for hydroxylation is 1. The third-order valence-electron chi connectivity index (χ3n) is 2.70. The number of rotatable bonds is 4. The molecule has 2 aromatic heterocycles. The number of esters is 1. The van der Waals surface area contributed by atoms with Gasteiger partial charge in [-0.25, -0.2) is 4.79 Å². The number of halogens is 3.